The number of hydrogen-bond acceptors (Lipinski definition) is 9. The highest BCUT2D eigenvalue weighted by Crippen LogP contribution is 2.43. The van der Waals surface area contributed by atoms with E-state index in [1.807, 2.05) is 0 Å². The van der Waals surface area contributed by atoms with Gasteiger partial charge in [0.05, 0.1) is 24.4 Å². The van der Waals surface area contributed by atoms with Crippen molar-refractivity contribution in [1.29, 1.82) is 0 Å². The second-order valence-electron chi connectivity index (χ2n) is 7.21. The normalized spacial score (nSPS) is 24.2. The van der Waals surface area contributed by atoms with E-state index in [2.05, 4.69) is 0 Å². The average molecular weight is 416 g/mol. The number of rotatable bonds is 3. The molecule has 9 nitrogen and oxygen atoms in total. The summed E-state index contributed by atoms with van der Waals surface area (Å²) in [5.74, 6) is -0.938. The van der Waals surface area contributed by atoms with Crippen molar-refractivity contribution in [2.75, 3.05) is 6.61 Å². The Hall–Kier alpha value is -3.11. The molecule has 0 spiro atoms. The van der Waals surface area contributed by atoms with Crippen molar-refractivity contribution >= 4 is 11.0 Å². The molecule has 158 valence electrons. The summed E-state index contributed by atoms with van der Waals surface area (Å²) >= 11 is 0. The van der Waals surface area contributed by atoms with Crippen molar-refractivity contribution in [1.82, 2.24) is 0 Å². The van der Waals surface area contributed by atoms with E-state index in [4.69, 9.17) is 9.15 Å². The largest absolute Gasteiger partial charge is 0.508 e. The average Bonchev–Trinajstić information content (AvgIpc) is 2.70. The number of phenolic OH excluding ortho intramolecular Hbond substituents is 3. The highest BCUT2D eigenvalue weighted by atomic mass is 16.5. The molecule has 0 saturated carbocycles. The second kappa shape index (κ2) is 7.62. The summed E-state index contributed by atoms with van der Waals surface area (Å²) in [4.78, 5) is 12.7. The maximum absolute atomic E-state index is 12.7. The molecule has 1 aliphatic rings. The third kappa shape index (κ3) is 3.37. The summed E-state index contributed by atoms with van der Waals surface area (Å²) < 4.78 is 11.5. The van der Waals surface area contributed by atoms with Crippen LogP contribution >= 0.6 is 0 Å². The summed E-state index contributed by atoms with van der Waals surface area (Å²) in [5, 5.41) is 60.0. The van der Waals surface area contributed by atoms with Gasteiger partial charge in [-0.25, -0.2) is 0 Å². The molecule has 0 bridgehead atoms. The first kappa shape index (κ1) is 20.2. The fourth-order valence-electron chi connectivity index (χ4n) is 3.67. The molecule has 9 heteroatoms. The SMILES string of the molecule is O=c1cc(-c2ccc(O)cc2)oc2c([C@@H]3O[C@H](CO)C[C@H](O)[C@H]3O)c(O)cc(O)c12. The number of aliphatic hydroxyl groups excluding tert-OH is 3. The molecule has 2 heterocycles. The summed E-state index contributed by atoms with van der Waals surface area (Å²) in [6, 6.07) is 7.91. The molecule has 1 aliphatic heterocycles. The van der Waals surface area contributed by atoms with Gasteiger partial charge in [0.25, 0.3) is 0 Å². The summed E-state index contributed by atoms with van der Waals surface area (Å²) in [6.07, 6.45) is -4.89. The van der Waals surface area contributed by atoms with E-state index >= 15 is 0 Å². The van der Waals surface area contributed by atoms with Crippen molar-refractivity contribution in [3.8, 4) is 28.6 Å². The third-order valence-electron chi connectivity index (χ3n) is 5.19. The number of ether oxygens (including phenoxy) is 1. The predicted octanol–water partition coefficient (Wildman–Crippen LogP) is 1.12. The molecule has 0 unspecified atom stereocenters. The van der Waals surface area contributed by atoms with E-state index in [9.17, 15) is 35.4 Å². The molecule has 2 aromatic carbocycles. The third-order valence-corrected chi connectivity index (χ3v) is 5.19. The quantitative estimate of drug-likeness (QED) is 0.367. The topological polar surface area (TPSA) is 161 Å². The van der Waals surface area contributed by atoms with E-state index in [0.717, 1.165) is 12.1 Å². The van der Waals surface area contributed by atoms with Gasteiger partial charge in [-0.15, -0.1) is 0 Å². The molecule has 0 radical (unpaired) electrons. The highest BCUT2D eigenvalue weighted by Gasteiger charge is 2.40. The minimum absolute atomic E-state index is 0.0145. The lowest BCUT2D eigenvalue weighted by Crippen LogP contribution is -2.44. The molecule has 0 aliphatic carbocycles. The van der Waals surface area contributed by atoms with Crippen molar-refractivity contribution < 1.29 is 39.8 Å². The van der Waals surface area contributed by atoms with Gasteiger partial charge >= 0.3 is 0 Å². The van der Waals surface area contributed by atoms with Crippen LogP contribution in [-0.4, -0.2) is 55.6 Å². The molecule has 4 atom stereocenters. The molecule has 0 amide bonds. The van der Waals surface area contributed by atoms with Crippen molar-refractivity contribution in [2.24, 2.45) is 0 Å². The first-order chi connectivity index (χ1) is 14.3. The van der Waals surface area contributed by atoms with Crippen LogP contribution in [0.25, 0.3) is 22.3 Å². The summed E-state index contributed by atoms with van der Waals surface area (Å²) in [5.41, 5.74) is -0.523. The Balaban J connectivity index is 1.97. The Kier molecular flexibility index (Phi) is 5.12. The van der Waals surface area contributed by atoms with Crippen LogP contribution < -0.4 is 5.43 Å². The van der Waals surface area contributed by atoms with E-state index in [1.165, 1.54) is 24.3 Å². The van der Waals surface area contributed by atoms with Gasteiger partial charge in [0.15, 0.2) is 11.0 Å². The number of phenols is 3. The van der Waals surface area contributed by atoms with Crippen LogP contribution in [0.3, 0.4) is 0 Å². The zero-order valence-electron chi connectivity index (χ0n) is 15.6. The second-order valence-corrected chi connectivity index (χ2v) is 7.21. The lowest BCUT2D eigenvalue weighted by Gasteiger charge is -2.37. The number of benzene rings is 2. The Morgan fingerprint density at radius 2 is 1.70 bits per heavy atom. The lowest BCUT2D eigenvalue weighted by molar-refractivity contribution is -0.179. The Morgan fingerprint density at radius 1 is 1.00 bits per heavy atom. The Bertz CT molecular complexity index is 1140. The minimum Gasteiger partial charge on any atom is -0.508 e. The molecule has 4 rings (SSSR count). The number of fused-ring (bicyclic) bond motifs is 1. The molecule has 3 aromatic rings. The van der Waals surface area contributed by atoms with Crippen LogP contribution in [0.15, 0.2) is 45.6 Å². The first-order valence-electron chi connectivity index (χ1n) is 9.24. The number of aromatic hydroxyl groups is 3. The van der Waals surface area contributed by atoms with Gasteiger partial charge in [-0.1, -0.05) is 0 Å². The van der Waals surface area contributed by atoms with Crippen LogP contribution in [-0.2, 0) is 4.74 Å². The van der Waals surface area contributed by atoms with Gasteiger partial charge in [-0.05, 0) is 24.3 Å². The maximum Gasteiger partial charge on any atom is 0.197 e. The molecule has 6 N–H and O–H groups in total. The van der Waals surface area contributed by atoms with Crippen LogP contribution in [0, 0.1) is 0 Å². The zero-order chi connectivity index (χ0) is 21.6. The maximum atomic E-state index is 12.7. The standard InChI is InChI=1S/C21H20O9/c22-8-11-5-15(27)19(28)21(29-11)18-13(25)6-12(24)17-14(26)7-16(30-20(17)18)9-1-3-10(23)4-2-9/h1-4,6-7,11,15,19,21-25,27-28H,5,8H2/t11-,15-,19+,21-/m0/s1. The van der Waals surface area contributed by atoms with Gasteiger partial charge in [-0.2, -0.15) is 0 Å². The van der Waals surface area contributed by atoms with Gasteiger partial charge in [0.2, 0.25) is 0 Å². The van der Waals surface area contributed by atoms with Gasteiger partial charge < -0.3 is 39.8 Å². The highest BCUT2D eigenvalue weighted by molar-refractivity contribution is 5.89. The van der Waals surface area contributed by atoms with Crippen LogP contribution in [0.1, 0.15) is 18.1 Å². The van der Waals surface area contributed by atoms with E-state index in [0.29, 0.717) is 5.56 Å². The van der Waals surface area contributed by atoms with Crippen molar-refractivity contribution in [3.05, 3.63) is 52.2 Å². The molecule has 30 heavy (non-hydrogen) atoms. The summed E-state index contributed by atoms with van der Waals surface area (Å²) in [7, 11) is 0. The first-order valence-corrected chi connectivity index (χ1v) is 9.24. The van der Waals surface area contributed by atoms with Crippen LogP contribution in [0.4, 0.5) is 0 Å². The molecule has 1 saturated heterocycles. The van der Waals surface area contributed by atoms with Crippen LogP contribution in [0.2, 0.25) is 0 Å². The number of hydrogen-bond donors (Lipinski definition) is 6. The molecule has 1 fully saturated rings. The van der Waals surface area contributed by atoms with E-state index in [-0.39, 0.29) is 34.5 Å². The van der Waals surface area contributed by atoms with Crippen molar-refractivity contribution in [3.63, 3.8) is 0 Å². The fourth-order valence-corrected chi connectivity index (χ4v) is 3.67. The zero-order valence-corrected chi connectivity index (χ0v) is 15.6. The smallest absolute Gasteiger partial charge is 0.197 e. The lowest BCUT2D eigenvalue weighted by atomic mass is 9.91. The van der Waals surface area contributed by atoms with Gasteiger partial charge in [-0.3, -0.25) is 4.79 Å². The van der Waals surface area contributed by atoms with Gasteiger partial charge in [0, 0.05) is 24.1 Å². The monoisotopic (exact) mass is 416 g/mol. The minimum atomic E-state index is -1.48. The van der Waals surface area contributed by atoms with E-state index in [1.54, 1.807) is 0 Å². The van der Waals surface area contributed by atoms with Gasteiger partial charge in [0.1, 0.15) is 40.6 Å². The Labute approximate surface area is 169 Å². The van der Waals surface area contributed by atoms with E-state index < -0.39 is 48.0 Å². The molecular formula is C21H20O9. The number of aliphatic hydroxyl groups is 3. The molecular weight excluding hydrogens is 396 g/mol. The van der Waals surface area contributed by atoms with Crippen molar-refractivity contribution in [2.45, 2.75) is 30.8 Å². The van der Waals surface area contributed by atoms with Crippen LogP contribution in [0.5, 0.6) is 17.2 Å². The Morgan fingerprint density at radius 3 is 2.37 bits per heavy atom. The predicted molar refractivity (Wildman–Crippen MR) is 104 cm³/mol. The molecule has 1 aromatic heterocycles. The fraction of sp³-hybridized carbons (Fsp3) is 0.286. The summed E-state index contributed by atoms with van der Waals surface area (Å²) in [6.45, 7) is -0.431.